The minimum absolute atomic E-state index is 0.175. The Morgan fingerprint density at radius 3 is 2.75 bits per heavy atom. The van der Waals surface area contributed by atoms with Gasteiger partial charge in [0.1, 0.15) is 0 Å². The smallest absolute Gasteiger partial charge is 0.279 e. The first-order valence-electron chi connectivity index (χ1n) is 9.48. The number of benzene rings is 2. The lowest BCUT2D eigenvalue weighted by molar-refractivity contribution is 0.0997. The summed E-state index contributed by atoms with van der Waals surface area (Å²) in [6, 6.07) is 14.3. The van der Waals surface area contributed by atoms with Crippen LogP contribution in [0.3, 0.4) is 0 Å². The van der Waals surface area contributed by atoms with Gasteiger partial charge in [0.15, 0.2) is 4.80 Å². The number of hydrogen-bond acceptors (Lipinski definition) is 4. The van der Waals surface area contributed by atoms with E-state index in [1.807, 2.05) is 24.3 Å². The Morgan fingerprint density at radius 1 is 1.21 bits per heavy atom. The predicted molar refractivity (Wildman–Crippen MR) is 125 cm³/mol. The zero-order chi connectivity index (χ0) is 20.1. The van der Waals surface area contributed by atoms with Crippen molar-refractivity contribution in [2.45, 2.75) is 43.9 Å². The van der Waals surface area contributed by atoms with Crippen LogP contribution in [0.5, 0.6) is 0 Å². The molecule has 28 heavy (non-hydrogen) atoms. The van der Waals surface area contributed by atoms with Crippen LogP contribution in [0.15, 0.2) is 52.4 Å². The van der Waals surface area contributed by atoms with Crippen LogP contribution < -0.4 is 4.80 Å². The molecule has 0 bridgehead atoms. The molecule has 2 aromatic carbocycles. The molecule has 3 nitrogen and oxygen atoms in total. The van der Waals surface area contributed by atoms with E-state index in [9.17, 15) is 4.79 Å². The SMILES string of the molecule is CCc1ccc2c(c1)sc(=NC(=O)c1cccc(SC(C)C)c1)n2CCSC. The van der Waals surface area contributed by atoms with Crippen LogP contribution in [0, 0.1) is 0 Å². The van der Waals surface area contributed by atoms with Gasteiger partial charge in [0.25, 0.3) is 5.91 Å². The molecule has 0 aliphatic rings. The van der Waals surface area contributed by atoms with Crippen molar-refractivity contribution in [3.05, 3.63) is 58.4 Å². The summed E-state index contributed by atoms with van der Waals surface area (Å²) < 4.78 is 3.37. The van der Waals surface area contributed by atoms with Crippen molar-refractivity contribution in [3.8, 4) is 0 Å². The third-order valence-electron chi connectivity index (χ3n) is 4.32. The van der Waals surface area contributed by atoms with E-state index in [0.717, 1.165) is 33.9 Å². The molecule has 1 amide bonds. The Hall–Kier alpha value is -1.50. The molecule has 148 valence electrons. The first kappa shape index (κ1) is 21.2. The van der Waals surface area contributed by atoms with Crippen LogP contribution >= 0.6 is 34.9 Å². The topological polar surface area (TPSA) is 34.4 Å². The molecule has 3 rings (SSSR count). The van der Waals surface area contributed by atoms with Crippen LogP contribution in [0.2, 0.25) is 0 Å². The molecule has 0 saturated carbocycles. The summed E-state index contributed by atoms with van der Waals surface area (Å²) in [6.07, 6.45) is 3.11. The van der Waals surface area contributed by atoms with Gasteiger partial charge in [-0.15, -0.1) is 11.8 Å². The van der Waals surface area contributed by atoms with Gasteiger partial charge < -0.3 is 4.57 Å². The summed E-state index contributed by atoms with van der Waals surface area (Å²) in [7, 11) is 0. The van der Waals surface area contributed by atoms with E-state index >= 15 is 0 Å². The van der Waals surface area contributed by atoms with E-state index in [1.54, 1.807) is 34.9 Å². The fraction of sp³-hybridized carbons (Fsp3) is 0.364. The van der Waals surface area contributed by atoms with E-state index in [2.05, 4.69) is 54.8 Å². The van der Waals surface area contributed by atoms with E-state index in [-0.39, 0.29) is 5.91 Å². The summed E-state index contributed by atoms with van der Waals surface area (Å²) >= 11 is 5.16. The van der Waals surface area contributed by atoms with Crippen LogP contribution in [0.4, 0.5) is 0 Å². The maximum Gasteiger partial charge on any atom is 0.279 e. The molecule has 0 radical (unpaired) electrons. The second-order valence-corrected chi connectivity index (χ2v) is 10.4. The molecule has 0 aliphatic heterocycles. The zero-order valence-electron chi connectivity index (χ0n) is 16.8. The Balaban J connectivity index is 2.03. The summed E-state index contributed by atoms with van der Waals surface area (Å²) in [5.74, 6) is 0.815. The van der Waals surface area contributed by atoms with E-state index < -0.39 is 0 Å². The number of thioether (sulfide) groups is 2. The Kier molecular flexibility index (Phi) is 7.43. The third-order valence-corrected chi connectivity index (χ3v) is 6.95. The monoisotopic (exact) mass is 430 g/mol. The second-order valence-electron chi connectivity index (χ2n) is 6.80. The van der Waals surface area contributed by atoms with E-state index in [4.69, 9.17) is 0 Å². The highest BCUT2D eigenvalue weighted by Crippen LogP contribution is 2.24. The van der Waals surface area contributed by atoms with Crippen LogP contribution in [-0.2, 0) is 13.0 Å². The van der Waals surface area contributed by atoms with Gasteiger partial charge >= 0.3 is 0 Å². The fourth-order valence-electron chi connectivity index (χ4n) is 2.95. The van der Waals surface area contributed by atoms with Crippen molar-refractivity contribution in [1.29, 1.82) is 0 Å². The van der Waals surface area contributed by atoms with Crippen LogP contribution in [0.1, 0.15) is 36.7 Å². The number of carbonyl (C=O) groups is 1. The number of amides is 1. The lowest BCUT2D eigenvalue weighted by atomic mass is 10.2. The highest BCUT2D eigenvalue weighted by molar-refractivity contribution is 7.99. The third kappa shape index (κ3) is 5.10. The maximum absolute atomic E-state index is 12.9. The normalized spacial score (nSPS) is 12.2. The molecule has 0 atom stereocenters. The van der Waals surface area contributed by atoms with Gasteiger partial charge in [0, 0.05) is 28.0 Å². The van der Waals surface area contributed by atoms with Crippen molar-refractivity contribution in [2.75, 3.05) is 12.0 Å². The molecule has 1 aromatic heterocycles. The van der Waals surface area contributed by atoms with Gasteiger partial charge in [0.05, 0.1) is 10.2 Å². The highest BCUT2D eigenvalue weighted by atomic mass is 32.2. The van der Waals surface area contributed by atoms with Crippen molar-refractivity contribution in [1.82, 2.24) is 4.57 Å². The van der Waals surface area contributed by atoms with Gasteiger partial charge in [-0.2, -0.15) is 16.8 Å². The molecule has 1 heterocycles. The highest BCUT2D eigenvalue weighted by Gasteiger charge is 2.11. The number of nitrogens with zero attached hydrogens (tertiary/aromatic N) is 2. The number of aromatic nitrogens is 1. The largest absolute Gasteiger partial charge is 0.316 e. The molecule has 0 fully saturated rings. The van der Waals surface area contributed by atoms with Gasteiger partial charge in [-0.05, 0) is 48.6 Å². The first-order chi connectivity index (χ1) is 13.5. The van der Waals surface area contributed by atoms with Crippen molar-refractivity contribution >= 4 is 51.0 Å². The number of fused-ring (bicyclic) bond motifs is 1. The molecule has 0 aliphatic carbocycles. The van der Waals surface area contributed by atoms with Crippen molar-refractivity contribution in [3.63, 3.8) is 0 Å². The molecule has 6 heteroatoms. The van der Waals surface area contributed by atoms with Gasteiger partial charge in [-0.25, -0.2) is 0 Å². The number of rotatable bonds is 7. The summed E-state index contributed by atoms with van der Waals surface area (Å²) in [5.41, 5.74) is 3.11. The molecular weight excluding hydrogens is 404 g/mol. The van der Waals surface area contributed by atoms with Crippen LogP contribution in [-0.4, -0.2) is 27.7 Å². The van der Waals surface area contributed by atoms with Crippen LogP contribution in [0.25, 0.3) is 10.2 Å². The Labute approximate surface area is 179 Å². The van der Waals surface area contributed by atoms with E-state index in [1.165, 1.54) is 10.3 Å². The standard InChI is InChI=1S/C22H26N2OS3/c1-5-16-9-10-19-20(13-16)28-22(24(19)11-12-26-4)23-21(25)17-7-6-8-18(14-17)27-15(2)3/h6-10,13-15H,5,11-12H2,1-4H3. The Bertz CT molecular complexity index is 1030. The first-order valence-corrected chi connectivity index (χ1v) is 12.6. The van der Waals surface area contributed by atoms with Gasteiger partial charge in [-0.1, -0.05) is 44.2 Å². The number of carbonyl (C=O) groups excluding carboxylic acids is 1. The fourth-order valence-corrected chi connectivity index (χ4v) is 5.33. The minimum atomic E-state index is -0.175. The molecule has 0 N–H and O–H groups in total. The molecule has 0 saturated heterocycles. The lowest BCUT2D eigenvalue weighted by Gasteiger charge is -2.06. The number of hydrogen-bond donors (Lipinski definition) is 0. The predicted octanol–water partition coefficient (Wildman–Crippen LogP) is 5.87. The Morgan fingerprint density at radius 2 is 2.04 bits per heavy atom. The van der Waals surface area contributed by atoms with Crippen molar-refractivity contribution < 1.29 is 4.79 Å². The lowest BCUT2D eigenvalue weighted by Crippen LogP contribution is -2.18. The summed E-state index contributed by atoms with van der Waals surface area (Å²) in [6.45, 7) is 7.31. The quantitative estimate of drug-likeness (QED) is 0.440. The molecular formula is C22H26N2OS3. The molecule has 0 spiro atoms. The number of aryl methyl sites for hydroxylation is 2. The summed E-state index contributed by atoms with van der Waals surface area (Å²) in [4.78, 5) is 19.3. The zero-order valence-corrected chi connectivity index (χ0v) is 19.2. The van der Waals surface area contributed by atoms with Gasteiger partial charge in [0.2, 0.25) is 0 Å². The second kappa shape index (κ2) is 9.81. The minimum Gasteiger partial charge on any atom is -0.316 e. The average Bonchev–Trinajstić information content (AvgIpc) is 3.01. The maximum atomic E-state index is 12.9. The van der Waals surface area contributed by atoms with E-state index in [0.29, 0.717) is 10.8 Å². The van der Waals surface area contributed by atoms with Crippen molar-refractivity contribution in [2.24, 2.45) is 4.99 Å². The molecule has 3 aromatic rings. The van der Waals surface area contributed by atoms with Gasteiger partial charge in [-0.3, -0.25) is 4.79 Å². The average molecular weight is 431 g/mol. The summed E-state index contributed by atoms with van der Waals surface area (Å²) in [5, 5.41) is 0.478. The molecule has 0 unspecified atom stereocenters. The number of thiazole rings is 1.